The molecule has 2 aromatic carbocycles. The average Bonchev–Trinajstić information content (AvgIpc) is 3.08. The first-order valence-electron chi connectivity index (χ1n) is 7.66. The van der Waals surface area contributed by atoms with E-state index in [0.29, 0.717) is 12.4 Å². The van der Waals surface area contributed by atoms with E-state index in [0.717, 1.165) is 40.9 Å². The van der Waals surface area contributed by atoms with Gasteiger partial charge in [-0.3, -0.25) is 0 Å². The van der Waals surface area contributed by atoms with Crippen molar-refractivity contribution in [2.75, 3.05) is 18.9 Å². The van der Waals surface area contributed by atoms with Crippen LogP contribution in [0.1, 0.15) is 6.42 Å². The summed E-state index contributed by atoms with van der Waals surface area (Å²) in [6, 6.07) is 13.9. The minimum atomic E-state index is 0.0802. The molecular formula is C18H17N3O2. The Balaban J connectivity index is 1.89. The number of nitrogens with zero attached hydrogens (tertiary/aromatic N) is 2. The van der Waals surface area contributed by atoms with Crippen LogP contribution in [0.2, 0.25) is 0 Å². The van der Waals surface area contributed by atoms with E-state index >= 15 is 0 Å². The lowest BCUT2D eigenvalue weighted by Crippen LogP contribution is -2.16. The summed E-state index contributed by atoms with van der Waals surface area (Å²) < 4.78 is 11.6. The van der Waals surface area contributed by atoms with Crippen LogP contribution in [-0.4, -0.2) is 29.3 Å². The van der Waals surface area contributed by atoms with Crippen LogP contribution in [0.25, 0.3) is 22.2 Å². The minimum Gasteiger partial charge on any atom is -0.487 e. The molecule has 1 saturated heterocycles. The minimum absolute atomic E-state index is 0.0802. The van der Waals surface area contributed by atoms with Gasteiger partial charge in [0.1, 0.15) is 23.2 Å². The molecule has 2 heterocycles. The zero-order valence-corrected chi connectivity index (χ0v) is 12.6. The fourth-order valence-electron chi connectivity index (χ4n) is 2.85. The maximum Gasteiger partial charge on any atom is 0.142 e. The van der Waals surface area contributed by atoms with Gasteiger partial charge in [0.2, 0.25) is 0 Å². The summed E-state index contributed by atoms with van der Waals surface area (Å²) in [6.07, 6.45) is 2.56. The van der Waals surface area contributed by atoms with Crippen LogP contribution in [-0.2, 0) is 4.74 Å². The number of nitrogen functional groups attached to an aromatic ring is 1. The summed E-state index contributed by atoms with van der Waals surface area (Å²) in [4.78, 5) is 8.86. The predicted molar refractivity (Wildman–Crippen MR) is 89.2 cm³/mol. The molecule has 1 aliphatic rings. The van der Waals surface area contributed by atoms with Gasteiger partial charge in [0.25, 0.3) is 0 Å². The highest BCUT2D eigenvalue weighted by atomic mass is 16.5. The summed E-state index contributed by atoms with van der Waals surface area (Å²) in [5.41, 5.74) is 9.31. The second kappa shape index (κ2) is 5.85. The van der Waals surface area contributed by atoms with E-state index < -0.39 is 0 Å². The van der Waals surface area contributed by atoms with Gasteiger partial charge in [-0.25, -0.2) is 9.97 Å². The average molecular weight is 307 g/mol. The highest BCUT2D eigenvalue weighted by molar-refractivity contribution is 5.95. The quantitative estimate of drug-likeness (QED) is 0.805. The number of ether oxygens (including phenoxy) is 2. The normalized spacial score (nSPS) is 17.5. The first-order chi connectivity index (χ1) is 11.3. The van der Waals surface area contributed by atoms with Crippen LogP contribution in [0, 0.1) is 0 Å². The van der Waals surface area contributed by atoms with Gasteiger partial charge in [-0.05, 0) is 17.7 Å². The number of rotatable bonds is 3. The molecule has 0 unspecified atom stereocenters. The fourth-order valence-corrected chi connectivity index (χ4v) is 2.85. The Kier molecular flexibility index (Phi) is 3.55. The summed E-state index contributed by atoms with van der Waals surface area (Å²) in [7, 11) is 0. The lowest BCUT2D eigenvalue weighted by Gasteiger charge is -2.17. The van der Waals surface area contributed by atoms with E-state index in [9.17, 15) is 0 Å². The van der Waals surface area contributed by atoms with Gasteiger partial charge in [-0.1, -0.05) is 30.3 Å². The smallest absolute Gasteiger partial charge is 0.142 e. The first kappa shape index (κ1) is 14.0. The molecule has 0 bridgehead atoms. The van der Waals surface area contributed by atoms with Crippen LogP contribution < -0.4 is 10.5 Å². The lowest BCUT2D eigenvalue weighted by molar-refractivity contribution is 0.142. The number of aromatic nitrogens is 2. The molecule has 0 aliphatic carbocycles. The Morgan fingerprint density at radius 2 is 2.00 bits per heavy atom. The Morgan fingerprint density at radius 3 is 2.78 bits per heavy atom. The number of nitrogens with two attached hydrogens (primary N) is 1. The molecule has 0 amide bonds. The zero-order valence-electron chi connectivity index (χ0n) is 12.6. The lowest BCUT2D eigenvalue weighted by atomic mass is 10.0. The number of fused-ring (bicyclic) bond motifs is 1. The van der Waals surface area contributed by atoms with Crippen molar-refractivity contribution in [2.24, 2.45) is 0 Å². The number of hydrogen-bond acceptors (Lipinski definition) is 5. The van der Waals surface area contributed by atoms with Crippen LogP contribution in [0.15, 0.2) is 48.7 Å². The molecule has 2 N–H and O–H groups in total. The van der Waals surface area contributed by atoms with E-state index in [-0.39, 0.29) is 6.10 Å². The van der Waals surface area contributed by atoms with Gasteiger partial charge in [0.05, 0.1) is 30.5 Å². The summed E-state index contributed by atoms with van der Waals surface area (Å²) in [5.74, 6) is 1.22. The Bertz CT molecular complexity index is 830. The van der Waals surface area contributed by atoms with Gasteiger partial charge >= 0.3 is 0 Å². The van der Waals surface area contributed by atoms with Gasteiger partial charge in [-0.15, -0.1) is 0 Å². The Hall–Kier alpha value is -2.66. The van der Waals surface area contributed by atoms with Crippen molar-refractivity contribution in [1.82, 2.24) is 9.97 Å². The van der Waals surface area contributed by atoms with Crippen molar-refractivity contribution in [3.8, 4) is 16.9 Å². The van der Waals surface area contributed by atoms with Crippen LogP contribution in [0.4, 0.5) is 5.82 Å². The molecular weight excluding hydrogens is 290 g/mol. The highest BCUT2D eigenvalue weighted by Crippen LogP contribution is 2.36. The molecule has 0 radical (unpaired) electrons. The van der Waals surface area contributed by atoms with Crippen molar-refractivity contribution in [2.45, 2.75) is 12.5 Å². The SMILES string of the molecule is Nc1cnc2c(-c3ccccc3)c(O[C@@H]3CCOC3)ccc2n1. The molecule has 5 heteroatoms. The third kappa shape index (κ3) is 2.71. The van der Waals surface area contributed by atoms with Crippen LogP contribution >= 0.6 is 0 Å². The number of hydrogen-bond donors (Lipinski definition) is 1. The standard InChI is InChI=1S/C18H17N3O2/c19-16-10-20-18-14(21-16)6-7-15(23-13-8-9-22-11-13)17(18)12-4-2-1-3-5-12/h1-7,10,13H,8-9,11H2,(H2,19,21)/t13-/m1/s1. The number of benzene rings is 2. The molecule has 116 valence electrons. The molecule has 4 rings (SSSR count). The monoisotopic (exact) mass is 307 g/mol. The molecule has 0 spiro atoms. The van der Waals surface area contributed by atoms with Crippen molar-refractivity contribution >= 4 is 16.9 Å². The van der Waals surface area contributed by atoms with E-state index in [1.807, 2.05) is 42.5 Å². The van der Waals surface area contributed by atoms with Gasteiger partial charge in [0.15, 0.2) is 0 Å². The molecule has 1 atom stereocenters. The van der Waals surface area contributed by atoms with Gasteiger partial charge < -0.3 is 15.2 Å². The van der Waals surface area contributed by atoms with E-state index in [2.05, 4.69) is 9.97 Å². The van der Waals surface area contributed by atoms with E-state index in [1.54, 1.807) is 6.20 Å². The van der Waals surface area contributed by atoms with Crippen molar-refractivity contribution in [3.63, 3.8) is 0 Å². The molecule has 3 aromatic rings. The van der Waals surface area contributed by atoms with Crippen molar-refractivity contribution in [3.05, 3.63) is 48.7 Å². The van der Waals surface area contributed by atoms with E-state index in [4.69, 9.17) is 15.2 Å². The van der Waals surface area contributed by atoms with Crippen molar-refractivity contribution in [1.29, 1.82) is 0 Å². The largest absolute Gasteiger partial charge is 0.487 e. The van der Waals surface area contributed by atoms with Gasteiger partial charge in [0, 0.05) is 6.42 Å². The third-order valence-corrected chi connectivity index (χ3v) is 3.94. The molecule has 1 aliphatic heterocycles. The molecule has 1 fully saturated rings. The molecule has 0 saturated carbocycles. The van der Waals surface area contributed by atoms with Crippen LogP contribution in [0.3, 0.4) is 0 Å². The van der Waals surface area contributed by atoms with Crippen LogP contribution in [0.5, 0.6) is 5.75 Å². The van der Waals surface area contributed by atoms with E-state index in [1.165, 1.54) is 0 Å². The maximum absolute atomic E-state index is 6.18. The summed E-state index contributed by atoms with van der Waals surface area (Å²) in [6.45, 7) is 1.37. The highest BCUT2D eigenvalue weighted by Gasteiger charge is 2.21. The number of anilines is 1. The topological polar surface area (TPSA) is 70.3 Å². The summed E-state index contributed by atoms with van der Waals surface area (Å²) >= 11 is 0. The first-order valence-corrected chi connectivity index (χ1v) is 7.66. The zero-order chi connectivity index (χ0) is 15.6. The van der Waals surface area contributed by atoms with Gasteiger partial charge in [-0.2, -0.15) is 0 Å². The molecule has 5 nitrogen and oxygen atoms in total. The predicted octanol–water partition coefficient (Wildman–Crippen LogP) is 3.05. The third-order valence-electron chi connectivity index (χ3n) is 3.94. The second-order valence-corrected chi connectivity index (χ2v) is 5.57. The summed E-state index contributed by atoms with van der Waals surface area (Å²) in [5, 5.41) is 0. The van der Waals surface area contributed by atoms with Crippen molar-refractivity contribution < 1.29 is 9.47 Å². The Labute approximate surface area is 134 Å². The maximum atomic E-state index is 6.18. The second-order valence-electron chi connectivity index (χ2n) is 5.57. The fraction of sp³-hybridized carbons (Fsp3) is 0.222. The molecule has 23 heavy (non-hydrogen) atoms. The Morgan fingerprint density at radius 1 is 1.13 bits per heavy atom. The molecule has 1 aromatic heterocycles.